The van der Waals surface area contributed by atoms with E-state index in [-0.39, 0.29) is 5.75 Å². The molecule has 0 atom stereocenters. The lowest BCUT2D eigenvalue weighted by molar-refractivity contribution is 0.439. The largest absolute Gasteiger partial charge is 0.508 e. The second-order valence-corrected chi connectivity index (χ2v) is 6.58. The predicted molar refractivity (Wildman–Crippen MR) is 93.5 cm³/mol. The molecule has 0 amide bonds. The summed E-state index contributed by atoms with van der Waals surface area (Å²) in [4.78, 5) is 7.67. The maximum Gasteiger partial charge on any atom is 0.205 e. The Morgan fingerprint density at radius 2 is 1.96 bits per heavy atom. The average Bonchev–Trinajstić information content (AvgIpc) is 2.54. The van der Waals surface area contributed by atoms with Gasteiger partial charge in [-0.2, -0.15) is 0 Å². The van der Waals surface area contributed by atoms with E-state index in [0.717, 1.165) is 26.9 Å². The lowest BCUT2D eigenvalue weighted by Crippen LogP contribution is -2.07. The van der Waals surface area contributed by atoms with Crippen molar-refractivity contribution in [1.82, 2.24) is 9.97 Å². The monoisotopic (exact) mass is 386 g/mol. The molecule has 4 nitrogen and oxygen atoms in total. The topological polar surface area (TPSA) is 58.1 Å². The van der Waals surface area contributed by atoms with Crippen molar-refractivity contribution in [3.63, 3.8) is 0 Å². The van der Waals surface area contributed by atoms with Crippen LogP contribution in [0.2, 0.25) is 0 Å². The minimum Gasteiger partial charge on any atom is -0.508 e. The SMILES string of the molecule is Oc1ccc(-c2nc(=S)c3c([nH]2)Oc2ccc(Br)cc2C3)cc1. The van der Waals surface area contributed by atoms with Crippen molar-refractivity contribution in [2.24, 2.45) is 0 Å². The van der Waals surface area contributed by atoms with E-state index in [0.29, 0.717) is 22.8 Å². The van der Waals surface area contributed by atoms with E-state index in [1.807, 2.05) is 18.2 Å². The van der Waals surface area contributed by atoms with Gasteiger partial charge in [0, 0.05) is 22.0 Å². The van der Waals surface area contributed by atoms with Gasteiger partial charge in [0.15, 0.2) is 0 Å². The highest BCUT2D eigenvalue weighted by Crippen LogP contribution is 2.37. The fourth-order valence-electron chi connectivity index (χ4n) is 2.56. The first-order valence-electron chi connectivity index (χ1n) is 6.99. The standard InChI is InChI=1S/C17H11BrN2O2S/c18-11-3-6-14-10(7-11)8-13-16(22-14)19-15(20-17(13)23)9-1-4-12(21)5-2-9/h1-7,21H,8H2,(H,19,20,23). The molecular formula is C17H11BrN2O2S. The van der Waals surface area contributed by atoms with Gasteiger partial charge in [-0.15, -0.1) is 0 Å². The van der Waals surface area contributed by atoms with Crippen molar-refractivity contribution < 1.29 is 9.84 Å². The average molecular weight is 387 g/mol. The van der Waals surface area contributed by atoms with Crippen LogP contribution in [0.4, 0.5) is 0 Å². The van der Waals surface area contributed by atoms with E-state index in [4.69, 9.17) is 17.0 Å². The zero-order valence-electron chi connectivity index (χ0n) is 11.8. The summed E-state index contributed by atoms with van der Waals surface area (Å²) in [5, 5.41) is 9.40. The molecule has 1 aliphatic rings. The van der Waals surface area contributed by atoms with E-state index < -0.39 is 0 Å². The van der Waals surface area contributed by atoms with Crippen LogP contribution in [0.1, 0.15) is 11.1 Å². The number of nitrogens with zero attached hydrogens (tertiary/aromatic N) is 1. The van der Waals surface area contributed by atoms with Gasteiger partial charge in [-0.3, -0.25) is 0 Å². The third-order valence-corrected chi connectivity index (χ3v) is 4.55. The summed E-state index contributed by atoms with van der Waals surface area (Å²) < 4.78 is 7.49. The zero-order valence-corrected chi connectivity index (χ0v) is 14.2. The molecule has 23 heavy (non-hydrogen) atoms. The Balaban J connectivity index is 1.81. The second-order valence-electron chi connectivity index (χ2n) is 5.28. The van der Waals surface area contributed by atoms with Crippen molar-refractivity contribution in [2.75, 3.05) is 0 Å². The van der Waals surface area contributed by atoms with E-state index in [1.165, 1.54) is 0 Å². The van der Waals surface area contributed by atoms with Crippen molar-refractivity contribution in [3.8, 4) is 28.8 Å². The Bertz CT molecular complexity index is 967. The molecule has 0 saturated heterocycles. The summed E-state index contributed by atoms with van der Waals surface area (Å²) in [7, 11) is 0. The Morgan fingerprint density at radius 3 is 2.74 bits per heavy atom. The molecule has 2 heterocycles. The first-order chi connectivity index (χ1) is 11.1. The van der Waals surface area contributed by atoms with Crippen LogP contribution in [-0.2, 0) is 6.42 Å². The van der Waals surface area contributed by atoms with Crippen LogP contribution in [0, 0.1) is 4.64 Å². The molecule has 0 aliphatic carbocycles. The highest BCUT2D eigenvalue weighted by atomic mass is 79.9. The van der Waals surface area contributed by atoms with Crippen molar-refractivity contribution in [2.45, 2.75) is 6.42 Å². The number of H-pyrrole nitrogens is 1. The van der Waals surface area contributed by atoms with Gasteiger partial charge in [-0.1, -0.05) is 28.1 Å². The first kappa shape index (κ1) is 14.4. The molecular weight excluding hydrogens is 376 g/mol. The maximum absolute atomic E-state index is 9.40. The summed E-state index contributed by atoms with van der Waals surface area (Å²) in [6.07, 6.45) is 0.683. The van der Waals surface area contributed by atoms with Crippen LogP contribution in [0.3, 0.4) is 0 Å². The summed E-state index contributed by atoms with van der Waals surface area (Å²) >= 11 is 8.91. The van der Waals surface area contributed by atoms with Gasteiger partial charge >= 0.3 is 0 Å². The summed E-state index contributed by atoms with van der Waals surface area (Å²) in [5.74, 6) is 2.27. The number of ether oxygens (including phenoxy) is 1. The normalized spacial score (nSPS) is 12.2. The minimum atomic E-state index is 0.209. The first-order valence-corrected chi connectivity index (χ1v) is 8.19. The molecule has 1 aliphatic heterocycles. The van der Waals surface area contributed by atoms with Gasteiger partial charge < -0.3 is 14.8 Å². The van der Waals surface area contributed by atoms with Crippen LogP contribution in [0.5, 0.6) is 17.4 Å². The molecule has 2 N–H and O–H groups in total. The lowest BCUT2D eigenvalue weighted by atomic mass is 10.0. The molecule has 0 bridgehead atoms. The smallest absolute Gasteiger partial charge is 0.205 e. The highest BCUT2D eigenvalue weighted by molar-refractivity contribution is 9.10. The van der Waals surface area contributed by atoms with Gasteiger partial charge in [0.25, 0.3) is 0 Å². The Labute approximate surface area is 145 Å². The fraction of sp³-hybridized carbons (Fsp3) is 0.0588. The molecule has 0 unspecified atom stereocenters. The maximum atomic E-state index is 9.40. The van der Waals surface area contributed by atoms with Crippen molar-refractivity contribution in [1.29, 1.82) is 0 Å². The minimum absolute atomic E-state index is 0.209. The van der Waals surface area contributed by atoms with Crippen LogP contribution in [0.15, 0.2) is 46.9 Å². The molecule has 0 spiro atoms. The number of hydrogen-bond donors (Lipinski definition) is 2. The molecule has 0 fully saturated rings. The molecule has 0 saturated carbocycles. The van der Waals surface area contributed by atoms with Gasteiger partial charge in [-0.05, 0) is 42.5 Å². The van der Waals surface area contributed by atoms with E-state index >= 15 is 0 Å². The van der Waals surface area contributed by atoms with Gasteiger partial charge in [-0.25, -0.2) is 4.98 Å². The Hall–Kier alpha value is -2.18. The molecule has 3 aromatic rings. The number of halogens is 1. The predicted octanol–water partition coefficient (Wildman–Crippen LogP) is 4.97. The number of benzene rings is 2. The number of aromatic hydroxyl groups is 1. The number of aromatic amines is 1. The molecule has 1 aromatic heterocycles. The van der Waals surface area contributed by atoms with Gasteiger partial charge in [0.2, 0.25) is 5.88 Å². The highest BCUT2D eigenvalue weighted by Gasteiger charge is 2.20. The molecule has 114 valence electrons. The number of phenols is 1. The number of phenolic OH excluding ortho intramolecular Hbond substituents is 1. The number of aromatic nitrogens is 2. The molecule has 2 aromatic carbocycles. The summed E-state index contributed by atoms with van der Waals surface area (Å²) in [6, 6.07) is 12.7. The third kappa shape index (κ3) is 2.64. The van der Waals surface area contributed by atoms with Gasteiger partial charge in [0.05, 0.1) is 5.56 Å². The van der Waals surface area contributed by atoms with Gasteiger partial charge in [0.1, 0.15) is 22.0 Å². The summed E-state index contributed by atoms with van der Waals surface area (Å²) in [5.41, 5.74) is 2.79. The molecule has 4 rings (SSSR count). The van der Waals surface area contributed by atoms with Crippen LogP contribution in [0.25, 0.3) is 11.4 Å². The van der Waals surface area contributed by atoms with Crippen LogP contribution >= 0.6 is 28.1 Å². The molecule has 0 radical (unpaired) electrons. The van der Waals surface area contributed by atoms with Crippen molar-refractivity contribution in [3.05, 3.63) is 62.7 Å². The third-order valence-electron chi connectivity index (χ3n) is 3.72. The Kier molecular flexibility index (Phi) is 3.43. The number of fused-ring (bicyclic) bond motifs is 2. The van der Waals surface area contributed by atoms with Crippen LogP contribution in [-0.4, -0.2) is 15.1 Å². The van der Waals surface area contributed by atoms with E-state index in [2.05, 4.69) is 25.9 Å². The molecule has 6 heteroatoms. The quantitative estimate of drug-likeness (QED) is 0.453. The number of rotatable bonds is 1. The zero-order chi connectivity index (χ0) is 16.0. The lowest BCUT2D eigenvalue weighted by Gasteiger charge is -2.20. The Morgan fingerprint density at radius 1 is 1.17 bits per heavy atom. The second kappa shape index (κ2) is 5.47. The summed E-state index contributed by atoms with van der Waals surface area (Å²) in [6.45, 7) is 0. The number of nitrogens with one attached hydrogen (secondary N) is 1. The van der Waals surface area contributed by atoms with Crippen molar-refractivity contribution >= 4 is 28.1 Å². The van der Waals surface area contributed by atoms with Crippen LogP contribution < -0.4 is 4.74 Å². The van der Waals surface area contributed by atoms with E-state index in [1.54, 1.807) is 24.3 Å². The fourth-order valence-corrected chi connectivity index (χ4v) is 3.23. The van der Waals surface area contributed by atoms with E-state index in [9.17, 15) is 5.11 Å². The number of hydrogen-bond acceptors (Lipinski definition) is 4.